The molecule has 0 spiro atoms. The van der Waals surface area contributed by atoms with Crippen LogP contribution in [0.3, 0.4) is 0 Å². The molecule has 2 saturated carbocycles. The van der Waals surface area contributed by atoms with E-state index in [9.17, 15) is 0 Å². The van der Waals surface area contributed by atoms with Crippen molar-refractivity contribution in [2.24, 2.45) is 11.8 Å². The van der Waals surface area contributed by atoms with Crippen molar-refractivity contribution < 1.29 is 4.52 Å². The molecule has 4 nitrogen and oxygen atoms in total. The van der Waals surface area contributed by atoms with E-state index < -0.39 is 0 Å². The van der Waals surface area contributed by atoms with E-state index in [1.807, 2.05) is 0 Å². The van der Waals surface area contributed by atoms with E-state index in [0.717, 1.165) is 43.1 Å². The van der Waals surface area contributed by atoms with Gasteiger partial charge in [0.25, 0.3) is 0 Å². The SMILES string of the molecule is CC(C)CCc1noc(CN(CC2CC2)C2CCCCC2)n1. The second kappa shape index (κ2) is 7.58. The Labute approximate surface area is 134 Å². The van der Waals surface area contributed by atoms with Crippen LogP contribution in [0.5, 0.6) is 0 Å². The lowest BCUT2D eigenvalue weighted by atomic mass is 9.94. The fourth-order valence-corrected chi connectivity index (χ4v) is 3.47. The van der Waals surface area contributed by atoms with Crippen LogP contribution in [0.25, 0.3) is 0 Å². The summed E-state index contributed by atoms with van der Waals surface area (Å²) in [5, 5.41) is 4.17. The first-order valence-electron chi connectivity index (χ1n) is 9.26. The topological polar surface area (TPSA) is 42.2 Å². The van der Waals surface area contributed by atoms with Crippen LogP contribution in [-0.4, -0.2) is 27.6 Å². The third-order valence-corrected chi connectivity index (χ3v) is 5.07. The van der Waals surface area contributed by atoms with Crippen LogP contribution in [0.1, 0.15) is 76.9 Å². The molecule has 0 radical (unpaired) electrons. The maximum atomic E-state index is 5.52. The molecule has 0 aromatic carbocycles. The van der Waals surface area contributed by atoms with Gasteiger partial charge in [-0.05, 0) is 43.9 Å². The zero-order chi connectivity index (χ0) is 15.4. The van der Waals surface area contributed by atoms with Crippen molar-refractivity contribution in [2.45, 2.75) is 84.2 Å². The first-order valence-corrected chi connectivity index (χ1v) is 9.26. The molecule has 1 aromatic heterocycles. The average Bonchev–Trinajstić information content (AvgIpc) is 3.22. The van der Waals surface area contributed by atoms with E-state index in [0.29, 0.717) is 5.92 Å². The van der Waals surface area contributed by atoms with Gasteiger partial charge in [0, 0.05) is 19.0 Å². The molecule has 2 aliphatic carbocycles. The van der Waals surface area contributed by atoms with Gasteiger partial charge in [0.2, 0.25) is 5.89 Å². The molecule has 2 aliphatic rings. The minimum absolute atomic E-state index is 0.690. The van der Waals surface area contributed by atoms with Crippen molar-refractivity contribution in [3.63, 3.8) is 0 Å². The lowest BCUT2D eigenvalue weighted by molar-refractivity contribution is 0.126. The van der Waals surface area contributed by atoms with E-state index >= 15 is 0 Å². The van der Waals surface area contributed by atoms with Crippen LogP contribution in [0, 0.1) is 11.8 Å². The smallest absolute Gasteiger partial charge is 0.240 e. The van der Waals surface area contributed by atoms with Crippen molar-refractivity contribution in [3.05, 3.63) is 11.7 Å². The molecule has 3 rings (SSSR count). The molecule has 0 saturated heterocycles. The highest BCUT2D eigenvalue weighted by Crippen LogP contribution is 2.33. The van der Waals surface area contributed by atoms with Gasteiger partial charge in [-0.1, -0.05) is 38.3 Å². The molecule has 1 aromatic rings. The maximum Gasteiger partial charge on any atom is 0.240 e. The third-order valence-electron chi connectivity index (χ3n) is 5.07. The molecule has 0 unspecified atom stereocenters. The summed E-state index contributed by atoms with van der Waals surface area (Å²) >= 11 is 0. The predicted molar refractivity (Wildman–Crippen MR) is 87.5 cm³/mol. The van der Waals surface area contributed by atoms with Gasteiger partial charge >= 0.3 is 0 Å². The zero-order valence-corrected chi connectivity index (χ0v) is 14.3. The largest absolute Gasteiger partial charge is 0.338 e. The van der Waals surface area contributed by atoms with Crippen LogP contribution >= 0.6 is 0 Å². The lowest BCUT2D eigenvalue weighted by Crippen LogP contribution is -2.37. The first kappa shape index (κ1) is 16.0. The highest BCUT2D eigenvalue weighted by Gasteiger charge is 2.30. The zero-order valence-electron chi connectivity index (χ0n) is 14.3. The fourth-order valence-electron chi connectivity index (χ4n) is 3.47. The molecule has 0 atom stereocenters. The Balaban J connectivity index is 1.57. The second-order valence-electron chi connectivity index (χ2n) is 7.70. The van der Waals surface area contributed by atoms with Crippen LogP contribution < -0.4 is 0 Å². The molecule has 4 heteroatoms. The molecule has 1 heterocycles. The molecule has 22 heavy (non-hydrogen) atoms. The lowest BCUT2D eigenvalue weighted by Gasteiger charge is -2.33. The van der Waals surface area contributed by atoms with Gasteiger partial charge in [0.15, 0.2) is 5.82 Å². The summed E-state index contributed by atoms with van der Waals surface area (Å²) in [7, 11) is 0. The second-order valence-corrected chi connectivity index (χ2v) is 7.70. The Bertz CT molecular complexity index is 447. The van der Waals surface area contributed by atoms with Gasteiger partial charge in [-0.15, -0.1) is 0 Å². The van der Waals surface area contributed by atoms with Crippen LogP contribution in [-0.2, 0) is 13.0 Å². The fraction of sp³-hybridized carbons (Fsp3) is 0.889. The summed E-state index contributed by atoms with van der Waals surface area (Å²) in [6, 6.07) is 0.736. The Morgan fingerprint density at radius 3 is 2.59 bits per heavy atom. The Morgan fingerprint density at radius 2 is 1.91 bits per heavy atom. The number of hydrogen-bond acceptors (Lipinski definition) is 4. The molecule has 124 valence electrons. The summed E-state index contributed by atoms with van der Waals surface area (Å²) in [4.78, 5) is 7.26. The van der Waals surface area contributed by atoms with Crippen molar-refractivity contribution in [2.75, 3.05) is 6.54 Å². The van der Waals surface area contributed by atoms with Crippen LogP contribution in [0.15, 0.2) is 4.52 Å². The van der Waals surface area contributed by atoms with Gasteiger partial charge < -0.3 is 4.52 Å². The maximum absolute atomic E-state index is 5.52. The standard InChI is InChI=1S/C18H31N3O/c1-14(2)8-11-17-19-18(22-20-17)13-21(12-15-9-10-15)16-6-4-3-5-7-16/h14-16H,3-13H2,1-2H3. The quantitative estimate of drug-likeness (QED) is 0.722. The molecule has 0 N–H and O–H groups in total. The Kier molecular flexibility index (Phi) is 5.51. The van der Waals surface area contributed by atoms with Gasteiger partial charge in [-0.2, -0.15) is 4.98 Å². The van der Waals surface area contributed by atoms with Crippen molar-refractivity contribution in [1.29, 1.82) is 0 Å². The summed E-state index contributed by atoms with van der Waals surface area (Å²) in [6.07, 6.45) is 11.8. The average molecular weight is 305 g/mol. The molecule has 0 bridgehead atoms. The van der Waals surface area contributed by atoms with Crippen molar-refractivity contribution in [3.8, 4) is 0 Å². The number of aromatic nitrogens is 2. The van der Waals surface area contributed by atoms with Gasteiger partial charge in [-0.3, -0.25) is 4.90 Å². The first-order chi connectivity index (χ1) is 10.7. The molecular formula is C18H31N3O. The van der Waals surface area contributed by atoms with Gasteiger partial charge in [-0.25, -0.2) is 0 Å². The van der Waals surface area contributed by atoms with Gasteiger partial charge in [0.1, 0.15) is 0 Å². The molecule has 0 amide bonds. The van der Waals surface area contributed by atoms with Crippen LogP contribution in [0.4, 0.5) is 0 Å². The van der Waals surface area contributed by atoms with E-state index in [1.54, 1.807) is 0 Å². The van der Waals surface area contributed by atoms with E-state index in [2.05, 4.69) is 28.9 Å². The molecule has 2 fully saturated rings. The number of nitrogens with zero attached hydrogens (tertiary/aromatic N) is 3. The van der Waals surface area contributed by atoms with Crippen LogP contribution in [0.2, 0.25) is 0 Å². The summed E-state index contributed by atoms with van der Waals surface area (Å²) in [5.74, 6) is 3.32. The van der Waals surface area contributed by atoms with E-state index in [-0.39, 0.29) is 0 Å². The number of hydrogen-bond donors (Lipinski definition) is 0. The normalized spacial score (nSPS) is 20.2. The predicted octanol–water partition coefficient (Wildman–Crippen LogP) is 4.20. The Hall–Kier alpha value is -0.900. The van der Waals surface area contributed by atoms with E-state index in [1.165, 1.54) is 51.5 Å². The number of rotatable bonds is 8. The number of aryl methyl sites for hydroxylation is 1. The van der Waals surface area contributed by atoms with Crippen molar-refractivity contribution >= 4 is 0 Å². The monoisotopic (exact) mass is 305 g/mol. The third kappa shape index (κ3) is 4.80. The minimum atomic E-state index is 0.690. The van der Waals surface area contributed by atoms with Crippen molar-refractivity contribution in [1.82, 2.24) is 15.0 Å². The molecule has 0 aliphatic heterocycles. The van der Waals surface area contributed by atoms with E-state index in [4.69, 9.17) is 4.52 Å². The summed E-state index contributed by atoms with van der Waals surface area (Å²) in [6.45, 7) is 6.56. The molecular weight excluding hydrogens is 274 g/mol. The summed E-state index contributed by atoms with van der Waals surface area (Å²) < 4.78 is 5.52. The highest BCUT2D eigenvalue weighted by molar-refractivity contribution is 4.90. The minimum Gasteiger partial charge on any atom is -0.338 e. The Morgan fingerprint density at radius 1 is 1.14 bits per heavy atom. The van der Waals surface area contributed by atoms with Gasteiger partial charge in [0.05, 0.1) is 6.54 Å². The summed E-state index contributed by atoms with van der Waals surface area (Å²) in [5.41, 5.74) is 0. The highest BCUT2D eigenvalue weighted by atomic mass is 16.5.